The Hall–Kier alpha value is -2.74. The maximum absolute atomic E-state index is 12.6. The van der Waals surface area contributed by atoms with Gasteiger partial charge in [-0.1, -0.05) is 0 Å². The molecule has 1 aromatic carbocycles. The molecule has 1 aromatic heterocycles. The van der Waals surface area contributed by atoms with Gasteiger partial charge in [0.05, 0.1) is 23.6 Å². The van der Waals surface area contributed by atoms with E-state index in [1.165, 1.54) is 28.4 Å². The average molecular weight is 362 g/mol. The molecule has 0 atom stereocenters. The zero-order valence-corrected chi connectivity index (χ0v) is 15.0. The summed E-state index contributed by atoms with van der Waals surface area (Å²) in [5.41, 5.74) is 0.819. The molecule has 2 rings (SSSR count). The van der Waals surface area contributed by atoms with Crippen molar-refractivity contribution in [2.24, 2.45) is 0 Å². The second kappa shape index (κ2) is 7.89. The number of nitrogens with zero attached hydrogens (tertiary/aromatic N) is 2. The number of esters is 1. The minimum absolute atomic E-state index is 0.0138. The van der Waals surface area contributed by atoms with Gasteiger partial charge in [-0.15, -0.1) is 11.3 Å². The molecule has 1 amide bonds. The molecule has 1 heterocycles. The Morgan fingerprint density at radius 2 is 1.96 bits per heavy atom. The fraction of sp³-hybridized carbons (Fsp3) is 0.294. The normalized spacial score (nSPS) is 10.4. The van der Waals surface area contributed by atoms with Crippen LogP contribution in [0.4, 0.5) is 5.69 Å². The highest BCUT2D eigenvalue weighted by molar-refractivity contribution is 7.10. The average Bonchev–Trinajstić information content (AvgIpc) is 2.98. The largest absolute Gasteiger partial charge is 0.462 e. The highest BCUT2D eigenvalue weighted by Crippen LogP contribution is 2.22. The van der Waals surface area contributed by atoms with Crippen molar-refractivity contribution in [3.63, 3.8) is 0 Å². The molecule has 0 bridgehead atoms. The predicted octanol–water partition coefficient (Wildman–Crippen LogP) is 3.41. The predicted molar refractivity (Wildman–Crippen MR) is 93.9 cm³/mol. The quantitative estimate of drug-likeness (QED) is 0.446. The number of aryl methyl sites for hydroxylation is 1. The number of rotatable bonds is 6. The number of benzene rings is 1. The molecule has 0 saturated heterocycles. The fourth-order valence-electron chi connectivity index (χ4n) is 2.25. The van der Waals surface area contributed by atoms with Gasteiger partial charge in [0.2, 0.25) is 0 Å². The summed E-state index contributed by atoms with van der Waals surface area (Å²) in [6, 6.07) is 5.57. The molecule has 0 spiro atoms. The molecule has 0 radical (unpaired) electrons. The lowest BCUT2D eigenvalue weighted by Gasteiger charge is -2.17. The number of hydrogen-bond acceptors (Lipinski definition) is 6. The van der Waals surface area contributed by atoms with E-state index in [2.05, 4.69) is 0 Å². The zero-order valence-electron chi connectivity index (χ0n) is 14.1. The van der Waals surface area contributed by atoms with E-state index in [-0.39, 0.29) is 23.4 Å². The summed E-state index contributed by atoms with van der Waals surface area (Å²) in [4.78, 5) is 37.5. The monoisotopic (exact) mass is 362 g/mol. The van der Waals surface area contributed by atoms with Crippen LogP contribution in [0.25, 0.3) is 0 Å². The number of thiophene rings is 1. The van der Waals surface area contributed by atoms with Gasteiger partial charge in [0.15, 0.2) is 0 Å². The SMILES string of the molecule is CCOC(=O)c1cc(C(=O)N(C)Cc2sccc2C)cc([N+](=O)[O-])c1. The van der Waals surface area contributed by atoms with E-state index in [1.807, 2.05) is 18.4 Å². The first-order chi connectivity index (χ1) is 11.8. The molecular weight excluding hydrogens is 344 g/mol. The summed E-state index contributed by atoms with van der Waals surface area (Å²) in [6.07, 6.45) is 0. The van der Waals surface area contributed by atoms with Crippen molar-refractivity contribution >= 4 is 28.9 Å². The van der Waals surface area contributed by atoms with E-state index in [1.54, 1.807) is 14.0 Å². The molecule has 0 unspecified atom stereocenters. The van der Waals surface area contributed by atoms with Crippen molar-refractivity contribution in [1.82, 2.24) is 4.90 Å². The van der Waals surface area contributed by atoms with Gasteiger partial charge in [0, 0.05) is 29.6 Å². The van der Waals surface area contributed by atoms with Crippen LogP contribution < -0.4 is 0 Å². The van der Waals surface area contributed by atoms with E-state index in [4.69, 9.17) is 4.74 Å². The fourth-order valence-corrected chi connectivity index (χ4v) is 3.20. The number of hydrogen-bond donors (Lipinski definition) is 0. The summed E-state index contributed by atoms with van der Waals surface area (Å²) in [5.74, 6) is -1.10. The lowest BCUT2D eigenvalue weighted by Crippen LogP contribution is -2.26. The van der Waals surface area contributed by atoms with Crippen LogP contribution in [-0.2, 0) is 11.3 Å². The van der Waals surface area contributed by atoms with Crippen LogP contribution in [0, 0.1) is 17.0 Å². The molecular formula is C17H18N2O5S. The number of non-ortho nitro benzene ring substituents is 1. The maximum atomic E-state index is 12.6. The topological polar surface area (TPSA) is 89.8 Å². The first-order valence-corrected chi connectivity index (χ1v) is 8.46. The lowest BCUT2D eigenvalue weighted by atomic mass is 10.1. The summed E-state index contributed by atoms with van der Waals surface area (Å²) < 4.78 is 4.87. The molecule has 0 N–H and O–H groups in total. The summed E-state index contributed by atoms with van der Waals surface area (Å²) in [5, 5.41) is 13.0. The van der Waals surface area contributed by atoms with Gasteiger partial charge >= 0.3 is 5.97 Å². The molecule has 25 heavy (non-hydrogen) atoms. The second-order valence-electron chi connectivity index (χ2n) is 5.43. The standard InChI is InChI=1S/C17H18N2O5S/c1-4-24-17(21)13-7-12(8-14(9-13)19(22)23)16(20)18(3)10-15-11(2)5-6-25-15/h5-9H,4,10H2,1-3H3. The third kappa shape index (κ3) is 4.42. The number of nitro benzene ring substituents is 1. The lowest BCUT2D eigenvalue weighted by molar-refractivity contribution is -0.384. The van der Waals surface area contributed by atoms with E-state index in [0.717, 1.165) is 16.5 Å². The Labute approximate surface area is 149 Å². The molecule has 132 valence electrons. The van der Waals surface area contributed by atoms with Gasteiger partial charge in [0.25, 0.3) is 11.6 Å². The van der Waals surface area contributed by atoms with E-state index >= 15 is 0 Å². The molecule has 0 fully saturated rings. The Bertz CT molecular complexity index is 815. The maximum Gasteiger partial charge on any atom is 0.338 e. The van der Waals surface area contributed by atoms with E-state index in [9.17, 15) is 19.7 Å². The Balaban J connectivity index is 2.32. The van der Waals surface area contributed by atoms with Gasteiger partial charge in [-0.3, -0.25) is 14.9 Å². The molecule has 8 heteroatoms. The minimum atomic E-state index is -0.697. The van der Waals surface area contributed by atoms with Gasteiger partial charge in [-0.2, -0.15) is 0 Å². The van der Waals surface area contributed by atoms with Crippen LogP contribution in [0.15, 0.2) is 29.6 Å². The van der Waals surface area contributed by atoms with Crippen LogP contribution in [0.3, 0.4) is 0 Å². The van der Waals surface area contributed by atoms with Crippen molar-refractivity contribution in [1.29, 1.82) is 0 Å². The minimum Gasteiger partial charge on any atom is -0.462 e. The van der Waals surface area contributed by atoms with Crippen LogP contribution in [0.5, 0.6) is 0 Å². The molecule has 7 nitrogen and oxygen atoms in total. The number of nitro groups is 1. The molecule has 0 aliphatic heterocycles. The highest BCUT2D eigenvalue weighted by Gasteiger charge is 2.21. The Morgan fingerprint density at radius 3 is 2.52 bits per heavy atom. The van der Waals surface area contributed by atoms with Crippen LogP contribution in [0.1, 0.15) is 38.1 Å². The molecule has 0 saturated carbocycles. The number of amides is 1. The number of carbonyl (C=O) groups excluding carboxylic acids is 2. The first kappa shape index (κ1) is 18.6. The van der Waals surface area contributed by atoms with E-state index < -0.39 is 16.8 Å². The summed E-state index contributed by atoms with van der Waals surface area (Å²) in [6.45, 7) is 4.12. The van der Waals surface area contributed by atoms with Gasteiger partial charge in [0.1, 0.15) is 0 Å². The Kier molecular flexibility index (Phi) is 5.87. The second-order valence-corrected chi connectivity index (χ2v) is 6.43. The van der Waals surface area contributed by atoms with Gasteiger partial charge in [-0.05, 0) is 36.9 Å². The van der Waals surface area contributed by atoms with Crippen LogP contribution in [0.2, 0.25) is 0 Å². The van der Waals surface area contributed by atoms with Gasteiger partial charge in [-0.25, -0.2) is 4.79 Å². The van der Waals surface area contributed by atoms with E-state index in [0.29, 0.717) is 6.54 Å². The van der Waals surface area contributed by atoms with Crippen molar-refractivity contribution in [3.05, 3.63) is 61.3 Å². The number of ether oxygens (including phenoxy) is 1. The molecule has 0 aliphatic carbocycles. The van der Waals surface area contributed by atoms with Crippen molar-refractivity contribution < 1.29 is 19.2 Å². The van der Waals surface area contributed by atoms with Crippen molar-refractivity contribution in [2.75, 3.05) is 13.7 Å². The zero-order chi connectivity index (χ0) is 18.6. The third-order valence-corrected chi connectivity index (χ3v) is 4.59. The summed E-state index contributed by atoms with van der Waals surface area (Å²) in [7, 11) is 1.62. The first-order valence-electron chi connectivity index (χ1n) is 7.58. The molecule has 0 aliphatic rings. The van der Waals surface area contributed by atoms with Crippen LogP contribution in [-0.4, -0.2) is 35.4 Å². The smallest absolute Gasteiger partial charge is 0.338 e. The highest BCUT2D eigenvalue weighted by atomic mass is 32.1. The summed E-state index contributed by atoms with van der Waals surface area (Å²) >= 11 is 1.54. The Morgan fingerprint density at radius 1 is 1.28 bits per heavy atom. The number of carbonyl (C=O) groups is 2. The third-order valence-electron chi connectivity index (χ3n) is 3.58. The van der Waals surface area contributed by atoms with Crippen molar-refractivity contribution in [2.45, 2.75) is 20.4 Å². The molecule has 2 aromatic rings. The van der Waals surface area contributed by atoms with Gasteiger partial charge < -0.3 is 9.64 Å². The van der Waals surface area contributed by atoms with Crippen LogP contribution >= 0.6 is 11.3 Å². The van der Waals surface area contributed by atoms with Crippen molar-refractivity contribution in [3.8, 4) is 0 Å².